The average Bonchev–Trinajstić information content (AvgIpc) is 3.78. The fourth-order valence-corrected chi connectivity index (χ4v) is 7.03. The molecule has 0 radical (unpaired) electrons. The summed E-state index contributed by atoms with van der Waals surface area (Å²) >= 11 is 4.02. The molecule has 33 nitrogen and oxygen atoms in total. The molecule has 0 spiro atoms. The molecule has 8 atom stereocenters. The quantitative estimate of drug-likeness (QED) is 0.0132. The predicted octanol–water partition coefficient (Wildman–Crippen LogP) is -9.07. The third-order valence-corrected chi connectivity index (χ3v) is 11.0. The van der Waals surface area contributed by atoms with Crippen LogP contribution in [0.1, 0.15) is 44.1 Å². The maximum absolute atomic E-state index is 13.7. The Morgan fingerprint density at radius 1 is 0.571 bits per heavy atom. The summed E-state index contributed by atoms with van der Waals surface area (Å²) in [5, 5.41) is 68.0. The van der Waals surface area contributed by atoms with Crippen molar-refractivity contribution >= 4 is 106 Å². The van der Waals surface area contributed by atoms with E-state index in [0.717, 1.165) is 0 Å². The number of carboxylic acid groups (broad SMARTS) is 3. The number of benzene rings is 1. The first-order valence-corrected chi connectivity index (χ1v) is 23.7. The van der Waals surface area contributed by atoms with Crippen LogP contribution in [-0.2, 0) is 68.7 Å². The number of hydrogen-bond donors (Lipinski definition) is 20. The van der Waals surface area contributed by atoms with E-state index in [1.54, 1.807) is 24.3 Å². The van der Waals surface area contributed by atoms with Crippen LogP contribution >= 0.6 is 12.6 Å². The Hall–Kier alpha value is -8.63. The van der Waals surface area contributed by atoms with Crippen molar-refractivity contribution in [2.75, 3.05) is 38.6 Å². The number of nitrogens with one attached hydrogen (secondary N) is 10. The number of aromatic amines is 1. The first kappa shape index (κ1) is 64.5. The lowest BCUT2D eigenvalue weighted by atomic mass is 10.0. The van der Waals surface area contributed by atoms with Crippen LogP contribution in [0.15, 0.2) is 35.5 Å². The van der Waals surface area contributed by atoms with Gasteiger partial charge in [0.2, 0.25) is 59.1 Å². The lowest BCUT2D eigenvalue weighted by Crippen LogP contribution is -2.60. The molecule has 424 valence electrons. The van der Waals surface area contributed by atoms with Crippen molar-refractivity contribution in [1.29, 1.82) is 0 Å². The number of carbonyl (C=O) groups excluding carboxylic acids is 10. The monoisotopic (exact) mass is 1110 g/mol. The van der Waals surface area contributed by atoms with Gasteiger partial charge in [0.25, 0.3) is 0 Å². The highest BCUT2D eigenvalue weighted by Crippen LogP contribution is 2.19. The van der Waals surface area contributed by atoms with Gasteiger partial charge in [-0.2, -0.15) is 12.6 Å². The molecule has 1 heterocycles. The van der Waals surface area contributed by atoms with Gasteiger partial charge in [-0.15, -0.1) is 0 Å². The van der Waals surface area contributed by atoms with Crippen LogP contribution in [0.2, 0.25) is 0 Å². The lowest BCUT2D eigenvalue weighted by Gasteiger charge is -2.25. The molecule has 10 amide bonds. The van der Waals surface area contributed by atoms with E-state index in [1.165, 1.54) is 6.20 Å². The number of aliphatic carboxylic acids is 3. The maximum atomic E-state index is 13.7. The minimum atomic E-state index is -1.96. The molecule has 2 aromatic rings. The summed E-state index contributed by atoms with van der Waals surface area (Å²) in [6, 6.07) is -6.67. The van der Waals surface area contributed by atoms with Crippen LogP contribution in [0.25, 0.3) is 10.9 Å². The van der Waals surface area contributed by atoms with Gasteiger partial charge in [0.05, 0.1) is 38.6 Å². The van der Waals surface area contributed by atoms with E-state index in [1.807, 2.05) is 5.32 Å². The molecule has 77 heavy (non-hydrogen) atoms. The Bertz CT molecular complexity index is 2510. The number of para-hydroxylation sites is 1. The van der Waals surface area contributed by atoms with Crippen molar-refractivity contribution in [3.05, 3.63) is 36.0 Å². The Labute approximate surface area is 442 Å². The molecule has 0 aliphatic heterocycles. The number of aliphatic imine (C=N–C) groups is 1. The first-order chi connectivity index (χ1) is 36.3. The molecule has 2 rings (SSSR count). The molecule has 0 unspecified atom stereocenters. The van der Waals surface area contributed by atoms with E-state index in [4.69, 9.17) is 33.1 Å². The highest BCUT2D eigenvalue weighted by molar-refractivity contribution is 7.80. The summed E-state index contributed by atoms with van der Waals surface area (Å²) in [4.78, 5) is 171. The smallest absolute Gasteiger partial charge is 0.322 e. The molecule has 0 bridgehead atoms. The van der Waals surface area contributed by atoms with Gasteiger partial charge in [0.15, 0.2) is 5.96 Å². The van der Waals surface area contributed by atoms with E-state index < -0.39 is 183 Å². The number of fused-ring (bicyclic) bond motifs is 1. The highest BCUT2D eigenvalue weighted by atomic mass is 32.1. The molecule has 0 fully saturated rings. The second kappa shape index (κ2) is 32.6. The second-order valence-electron chi connectivity index (χ2n) is 16.7. The Kier molecular flexibility index (Phi) is 27.3. The summed E-state index contributed by atoms with van der Waals surface area (Å²) in [6.07, 6.45) is -1.82. The Morgan fingerprint density at radius 3 is 1.65 bits per heavy atom. The summed E-state index contributed by atoms with van der Waals surface area (Å²) in [7, 11) is 0. The summed E-state index contributed by atoms with van der Waals surface area (Å²) < 4.78 is 0. The third kappa shape index (κ3) is 23.2. The van der Waals surface area contributed by atoms with Crippen LogP contribution in [0, 0.1) is 0 Å². The van der Waals surface area contributed by atoms with Crippen LogP contribution < -0.4 is 70.8 Å². The maximum Gasteiger partial charge on any atom is 0.322 e. The first-order valence-electron chi connectivity index (χ1n) is 23.1. The van der Waals surface area contributed by atoms with Crippen molar-refractivity contribution in [3.63, 3.8) is 0 Å². The van der Waals surface area contributed by atoms with Crippen LogP contribution in [0.4, 0.5) is 0 Å². The third-order valence-electron chi connectivity index (χ3n) is 10.7. The fraction of sp³-hybridized carbons (Fsp3) is 0.488. The molecule has 0 aliphatic carbocycles. The topological polar surface area (TPSA) is 564 Å². The van der Waals surface area contributed by atoms with Gasteiger partial charge in [-0.1, -0.05) is 18.2 Å². The number of aliphatic hydroxyl groups is 2. The van der Waals surface area contributed by atoms with E-state index in [2.05, 4.69) is 65.1 Å². The number of guanidine groups is 1. The van der Waals surface area contributed by atoms with Crippen LogP contribution in [0.3, 0.4) is 0 Å². The van der Waals surface area contributed by atoms with E-state index in [9.17, 15) is 77.6 Å². The van der Waals surface area contributed by atoms with Crippen molar-refractivity contribution < 1.29 is 87.9 Å². The van der Waals surface area contributed by atoms with Crippen molar-refractivity contribution in [2.45, 2.75) is 93.3 Å². The zero-order valence-electron chi connectivity index (χ0n) is 40.9. The van der Waals surface area contributed by atoms with Crippen LogP contribution in [-0.4, -0.2) is 200 Å². The minimum Gasteiger partial charge on any atom is -0.481 e. The van der Waals surface area contributed by atoms with Gasteiger partial charge in [-0.25, -0.2) is 0 Å². The molecule has 1 aromatic carbocycles. The van der Waals surface area contributed by atoms with Gasteiger partial charge in [0.1, 0.15) is 48.8 Å². The fourth-order valence-electron chi connectivity index (χ4n) is 6.78. The number of thiol groups is 1. The molecule has 1 aromatic heterocycles. The number of hydrogen-bond acceptors (Lipinski definition) is 18. The molecular formula is C43H63N15O18S. The van der Waals surface area contributed by atoms with E-state index >= 15 is 0 Å². The number of nitrogens with zero attached hydrogens (tertiary/aromatic N) is 1. The Balaban J connectivity index is 2.16. The van der Waals surface area contributed by atoms with Crippen molar-refractivity contribution in [2.24, 2.45) is 27.9 Å². The van der Waals surface area contributed by atoms with Gasteiger partial charge in [-0.05, 0) is 30.9 Å². The number of H-pyrrole nitrogens is 1. The van der Waals surface area contributed by atoms with E-state index in [0.29, 0.717) is 16.5 Å². The summed E-state index contributed by atoms with van der Waals surface area (Å²) in [5.41, 5.74) is 22.7. The Morgan fingerprint density at radius 2 is 1.08 bits per heavy atom. The normalized spacial score (nSPS) is 13.9. The molecule has 0 saturated heterocycles. The lowest BCUT2D eigenvalue weighted by molar-refractivity contribution is -0.141. The second-order valence-corrected chi connectivity index (χ2v) is 17.0. The molecule has 0 aliphatic rings. The van der Waals surface area contributed by atoms with Gasteiger partial charge in [-0.3, -0.25) is 67.3 Å². The standard InChI is InChI=1S/C43H63N15O18S/c44-21(11-30(45)61)35(69)55-25(10-19-13-49-22-5-2-1-4-20(19)22)39(73)56-26(12-33(65)66)40(74)57-27(16-59)37(71)50-14-31(62)52-29(18-77)42(76)58-28(17-60)41(75)53-23(6-3-9-48-43(46)47)38(72)54-24(7-8-32(63)64)36(70)51-15-34(67)68/h1-2,4-5,13,21,23-29,49,59-60,77H,3,6-12,14-18,44H2,(H2,45,61)(H,50,71)(H,51,70)(H,52,62)(H,53,75)(H,54,72)(H,55,69)(H,56,73)(H,57,74)(H,58,76)(H,63,64)(H,65,66)(H,67,68)(H4,46,47,48)/t21-,23-,24-,25-,26-,27-,28-,29-/m0/s1. The number of nitrogens with two attached hydrogens (primary N) is 4. The van der Waals surface area contributed by atoms with E-state index in [-0.39, 0.29) is 31.8 Å². The SMILES string of the molecule is NC(=O)C[C@H](N)C(=O)N[C@@H](Cc1c[nH]c2ccccc12)C(=O)N[C@@H](CC(=O)O)C(=O)N[C@@H](CO)C(=O)NCC(=O)N[C@@H](CS)C(=O)N[C@@H](CO)C(=O)N[C@@H](CCCN=C(N)N)C(=O)N[C@@H](CCC(=O)O)C(=O)NCC(=O)O. The largest absolute Gasteiger partial charge is 0.481 e. The van der Waals surface area contributed by atoms with Crippen molar-refractivity contribution in [1.82, 2.24) is 52.8 Å². The number of primary amides is 1. The molecule has 23 N–H and O–H groups in total. The van der Waals surface area contributed by atoms with Gasteiger partial charge >= 0.3 is 17.9 Å². The number of aliphatic hydroxyl groups excluding tert-OH is 2. The zero-order chi connectivity index (χ0) is 57.9. The minimum absolute atomic E-state index is 0.00550. The molecular weight excluding hydrogens is 1050 g/mol. The number of amides is 10. The number of carbonyl (C=O) groups is 13. The highest BCUT2D eigenvalue weighted by Gasteiger charge is 2.34. The zero-order valence-corrected chi connectivity index (χ0v) is 41.8. The number of aromatic nitrogens is 1. The van der Waals surface area contributed by atoms with Gasteiger partial charge in [0, 0.05) is 42.2 Å². The molecule has 0 saturated carbocycles. The summed E-state index contributed by atoms with van der Waals surface area (Å²) in [5.74, 6) is -16.4. The predicted molar refractivity (Wildman–Crippen MR) is 268 cm³/mol. The van der Waals surface area contributed by atoms with Crippen LogP contribution in [0.5, 0.6) is 0 Å². The van der Waals surface area contributed by atoms with Gasteiger partial charge < -0.3 is 101 Å². The average molecular weight is 1110 g/mol. The number of carboxylic acids is 3. The molecule has 34 heteroatoms. The number of rotatable bonds is 35. The summed E-state index contributed by atoms with van der Waals surface area (Å²) in [6.45, 7) is -4.17. The van der Waals surface area contributed by atoms with Crippen molar-refractivity contribution in [3.8, 4) is 0 Å².